The molecule has 2 aromatic carbocycles. The van der Waals surface area contributed by atoms with E-state index in [0.29, 0.717) is 6.54 Å². The highest BCUT2D eigenvalue weighted by atomic mass is 79.9. The molecule has 0 fully saturated rings. The van der Waals surface area contributed by atoms with Crippen molar-refractivity contribution in [3.05, 3.63) is 63.6 Å². The molecule has 0 saturated carbocycles. The maximum Gasteiger partial charge on any atom is 0.0662 e. The van der Waals surface area contributed by atoms with Gasteiger partial charge in [0, 0.05) is 23.8 Å². The number of rotatable bonds is 4. The summed E-state index contributed by atoms with van der Waals surface area (Å²) < 4.78 is 1.09. The Morgan fingerprint density at radius 3 is 2.50 bits per heavy atom. The van der Waals surface area contributed by atoms with E-state index in [2.05, 4.69) is 78.1 Å². The number of nitrogens with zero attached hydrogens (tertiary/aromatic N) is 1. The molecule has 106 valence electrons. The fourth-order valence-corrected chi connectivity index (χ4v) is 3.02. The largest absolute Gasteiger partial charge is 0.366 e. The Morgan fingerprint density at radius 1 is 1.15 bits per heavy atom. The number of nitrogens with two attached hydrogens (primary N) is 1. The van der Waals surface area contributed by atoms with E-state index >= 15 is 0 Å². The van der Waals surface area contributed by atoms with Crippen LogP contribution in [0.4, 0.5) is 5.69 Å². The summed E-state index contributed by atoms with van der Waals surface area (Å²) >= 11 is 3.53. The third-order valence-electron chi connectivity index (χ3n) is 3.66. The molecular weight excluding hydrogens is 312 g/mol. The van der Waals surface area contributed by atoms with Crippen LogP contribution in [0.5, 0.6) is 0 Å². The summed E-state index contributed by atoms with van der Waals surface area (Å²) in [4.78, 5) is 2.26. The van der Waals surface area contributed by atoms with Crippen molar-refractivity contribution in [2.24, 2.45) is 5.73 Å². The number of aryl methyl sites for hydroxylation is 2. The van der Waals surface area contributed by atoms with Crippen molar-refractivity contribution < 1.29 is 0 Å². The molecule has 0 aliphatic carbocycles. The number of halogens is 1. The van der Waals surface area contributed by atoms with Gasteiger partial charge in [0.1, 0.15) is 0 Å². The van der Waals surface area contributed by atoms with E-state index in [1.54, 1.807) is 0 Å². The number of hydrogen-bond acceptors (Lipinski definition) is 2. The Morgan fingerprint density at radius 2 is 1.90 bits per heavy atom. The molecule has 0 amide bonds. The minimum Gasteiger partial charge on any atom is -0.366 e. The highest BCUT2D eigenvalue weighted by Crippen LogP contribution is 2.29. The maximum atomic E-state index is 6.02. The van der Waals surface area contributed by atoms with Crippen LogP contribution in [-0.2, 0) is 0 Å². The van der Waals surface area contributed by atoms with E-state index < -0.39 is 0 Å². The van der Waals surface area contributed by atoms with Crippen molar-refractivity contribution in [2.75, 3.05) is 18.5 Å². The van der Waals surface area contributed by atoms with Crippen molar-refractivity contribution in [3.8, 4) is 0 Å². The molecule has 2 N–H and O–H groups in total. The highest BCUT2D eigenvalue weighted by Gasteiger charge is 2.17. The minimum absolute atomic E-state index is 0.175. The molecule has 20 heavy (non-hydrogen) atoms. The van der Waals surface area contributed by atoms with Crippen molar-refractivity contribution >= 4 is 21.6 Å². The van der Waals surface area contributed by atoms with Crippen LogP contribution in [0.1, 0.15) is 22.7 Å². The summed E-state index contributed by atoms with van der Waals surface area (Å²) in [6, 6.07) is 15.1. The van der Waals surface area contributed by atoms with E-state index in [1.807, 2.05) is 6.07 Å². The molecule has 2 rings (SSSR count). The summed E-state index contributed by atoms with van der Waals surface area (Å²) in [5, 5.41) is 0. The second-order valence-electron chi connectivity index (χ2n) is 5.21. The van der Waals surface area contributed by atoms with Crippen LogP contribution < -0.4 is 10.6 Å². The Balaban J connectivity index is 2.36. The fraction of sp³-hybridized carbons (Fsp3) is 0.294. The van der Waals surface area contributed by atoms with Crippen molar-refractivity contribution in [1.82, 2.24) is 0 Å². The van der Waals surface area contributed by atoms with Crippen LogP contribution in [-0.4, -0.2) is 13.6 Å². The Kier molecular flexibility index (Phi) is 4.84. The molecule has 0 bridgehead atoms. The normalized spacial score (nSPS) is 12.2. The van der Waals surface area contributed by atoms with E-state index in [4.69, 9.17) is 5.73 Å². The molecule has 2 nitrogen and oxygen atoms in total. The fourth-order valence-electron chi connectivity index (χ4n) is 2.60. The summed E-state index contributed by atoms with van der Waals surface area (Å²) in [5.41, 5.74) is 11.0. The van der Waals surface area contributed by atoms with Crippen LogP contribution in [0.2, 0.25) is 0 Å². The van der Waals surface area contributed by atoms with Gasteiger partial charge in [0.15, 0.2) is 0 Å². The predicted molar refractivity (Wildman–Crippen MR) is 90.3 cm³/mol. The Labute approximate surface area is 129 Å². The van der Waals surface area contributed by atoms with Crippen LogP contribution in [0.15, 0.2) is 46.9 Å². The first kappa shape index (κ1) is 15.1. The Hall–Kier alpha value is -1.32. The SMILES string of the molecule is Cc1ccc(N(C)C(CN)c2cccc(Br)c2)c(C)c1. The van der Waals surface area contributed by atoms with Gasteiger partial charge in [-0.15, -0.1) is 0 Å². The van der Waals surface area contributed by atoms with Crippen LogP contribution in [0, 0.1) is 13.8 Å². The molecule has 3 heteroatoms. The van der Waals surface area contributed by atoms with Gasteiger partial charge < -0.3 is 10.6 Å². The molecule has 0 aliphatic rings. The molecule has 0 heterocycles. The third kappa shape index (κ3) is 3.22. The maximum absolute atomic E-state index is 6.02. The lowest BCUT2D eigenvalue weighted by Gasteiger charge is -2.31. The van der Waals surface area contributed by atoms with Crippen molar-refractivity contribution in [2.45, 2.75) is 19.9 Å². The average molecular weight is 333 g/mol. The Bertz CT molecular complexity index is 595. The molecule has 0 spiro atoms. The quantitative estimate of drug-likeness (QED) is 0.908. The van der Waals surface area contributed by atoms with Gasteiger partial charge in [-0.1, -0.05) is 45.8 Å². The minimum atomic E-state index is 0.175. The summed E-state index contributed by atoms with van der Waals surface area (Å²) in [6.45, 7) is 4.85. The second kappa shape index (κ2) is 6.42. The first-order valence-electron chi connectivity index (χ1n) is 6.78. The summed E-state index contributed by atoms with van der Waals surface area (Å²) in [5.74, 6) is 0. The van der Waals surface area contributed by atoms with E-state index in [1.165, 1.54) is 22.4 Å². The van der Waals surface area contributed by atoms with E-state index in [9.17, 15) is 0 Å². The molecule has 0 saturated heterocycles. The molecule has 2 aromatic rings. The van der Waals surface area contributed by atoms with Crippen molar-refractivity contribution in [1.29, 1.82) is 0 Å². The molecule has 0 aromatic heterocycles. The van der Waals surface area contributed by atoms with Gasteiger partial charge in [-0.05, 0) is 43.2 Å². The lowest BCUT2D eigenvalue weighted by atomic mass is 10.0. The van der Waals surface area contributed by atoms with E-state index in [0.717, 1.165) is 4.47 Å². The van der Waals surface area contributed by atoms with Gasteiger partial charge in [0.05, 0.1) is 6.04 Å². The third-order valence-corrected chi connectivity index (χ3v) is 4.15. The number of hydrogen-bond donors (Lipinski definition) is 1. The zero-order chi connectivity index (χ0) is 14.7. The number of anilines is 1. The lowest BCUT2D eigenvalue weighted by Crippen LogP contribution is -2.30. The van der Waals surface area contributed by atoms with Gasteiger partial charge in [-0.3, -0.25) is 0 Å². The van der Waals surface area contributed by atoms with Gasteiger partial charge in [0.2, 0.25) is 0 Å². The first-order chi connectivity index (χ1) is 9.52. The van der Waals surface area contributed by atoms with Crippen LogP contribution >= 0.6 is 15.9 Å². The van der Waals surface area contributed by atoms with Gasteiger partial charge in [-0.2, -0.15) is 0 Å². The van der Waals surface area contributed by atoms with Crippen LogP contribution in [0.3, 0.4) is 0 Å². The van der Waals surface area contributed by atoms with E-state index in [-0.39, 0.29) is 6.04 Å². The monoisotopic (exact) mass is 332 g/mol. The highest BCUT2D eigenvalue weighted by molar-refractivity contribution is 9.10. The van der Waals surface area contributed by atoms with Crippen LogP contribution in [0.25, 0.3) is 0 Å². The smallest absolute Gasteiger partial charge is 0.0662 e. The molecule has 1 unspecified atom stereocenters. The molecular formula is C17H21BrN2. The predicted octanol–water partition coefficient (Wildman–Crippen LogP) is 4.20. The number of likely N-dealkylation sites (N-methyl/N-ethyl adjacent to an activating group) is 1. The topological polar surface area (TPSA) is 29.3 Å². The molecule has 1 atom stereocenters. The standard InChI is InChI=1S/C17H21BrN2/c1-12-7-8-16(13(2)9-12)20(3)17(11-19)14-5-4-6-15(18)10-14/h4-10,17H,11,19H2,1-3H3. The zero-order valence-corrected chi connectivity index (χ0v) is 13.8. The molecule has 0 radical (unpaired) electrons. The average Bonchev–Trinajstić information content (AvgIpc) is 2.39. The van der Waals surface area contributed by atoms with Gasteiger partial charge in [0.25, 0.3) is 0 Å². The first-order valence-corrected chi connectivity index (χ1v) is 7.58. The van der Waals surface area contributed by atoms with Gasteiger partial charge >= 0.3 is 0 Å². The molecule has 0 aliphatic heterocycles. The number of benzene rings is 2. The van der Waals surface area contributed by atoms with Gasteiger partial charge in [-0.25, -0.2) is 0 Å². The zero-order valence-electron chi connectivity index (χ0n) is 12.2. The second-order valence-corrected chi connectivity index (χ2v) is 6.12. The van der Waals surface area contributed by atoms with Crippen molar-refractivity contribution in [3.63, 3.8) is 0 Å². The summed E-state index contributed by atoms with van der Waals surface area (Å²) in [7, 11) is 2.11. The summed E-state index contributed by atoms with van der Waals surface area (Å²) in [6.07, 6.45) is 0. The lowest BCUT2D eigenvalue weighted by molar-refractivity contribution is 0.679.